The number of halogens is 1. The van der Waals surface area contributed by atoms with Gasteiger partial charge in [-0.2, -0.15) is 0 Å². The lowest BCUT2D eigenvalue weighted by atomic mass is 9.85. The first kappa shape index (κ1) is 9.00. The quantitative estimate of drug-likeness (QED) is 0.748. The highest BCUT2D eigenvalue weighted by molar-refractivity contribution is 6.28. The van der Waals surface area contributed by atoms with Crippen LogP contribution in [-0.2, 0) is 13.0 Å². The number of rotatable bonds is 3. The third-order valence-corrected chi connectivity index (χ3v) is 3.04. The molecule has 0 N–H and O–H groups in total. The minimum atomic E-state index is 0.545. The first-order valence-corrected chi connectivity index (χ1v) is 5.26. The molecule has 1 saturated carbocycles. The number of nitrogens with zero attached hydrogens (tertiary/aromatic N) is 3. The lowest BCUT2D eigenvalue weighted by Gasteiger charge is -2.26. The largest absolute Gasteiger partial charge is 0.302 e. The van der Waals surface area contributed by atoms with Crippen molar-refractivity contribution in [3.8, 4) is 0 Å². The van der Waals surface area contributed by atoms with Crippen molar-refractivity contribution in [2.75, 3.05) is 0 Å². The fourth-order valence-electron chi connectivity index (χ4n) is 1.69. The van der Waals surface area contributed by atoms with Crippen molar-refractivity contribution in [2.24, 2.45) is 5.92 Å². The lowest BCUT2D eigenvalue weighted by molar-refractivity contribution is 0.274. The van der Waals surface area contributed by atoms with Crippen LogP contribution in [0.4, 0.5) is 0 Å². The Labute approximate surface area is 83.1 Å². The van der Waals surface area contributed by atoms with Gasteiger partial charge < -0.3 is 4.57 Å². The molecule has 1 fully saturated rings. The Bertz CT molecular complexity index is 291. The van der Waals surface area contributed by atoms with Crippen LogP contribution in [0, 0.1) is 5.92 Å². The second kappa shape index (κ2) is 3.66. The highest BCUT2D eigenvalue weighted by Crippen LogP contribution is 2.29. The first-order valence-electron chi connectivity index (χ1n) is 4.89. The van der Waals surface area contributed by atoms with Gasteiger partial charge in [0.15, 0.2) is 0 Å². The van der Waals surface area contributed by atoms with Crippen molar-refractivity contribution in [3.05, 3.63) is 11.1 Å². The summed E-state index contributed by atoms with van der Waals surface area (Å²) < 4.78 is 2.05. The molecule has 0 atom stereocenters. The molecule has 3 nitrogen and oxygen atoms in total. The summed E-state index contributed by atoms with van der Waals surface area (Å²) in [7, 11) is 0. The first-order chi connectivity index (χ1) is 6.31. The van der Waals surface area contributed by atoms with Crippen LogP contribution in [0.25, 0.3) is 0 Å². The zero-order chi connectivity index (χ0) is 9.26. The summed E-state index contributed by atoms with van der Waals surface area (Å²) in [5.41, 5.74) is 0. The van der Waals surface area contributed by atoms with E-state index in [4.69, 9.17) is 11.6 Å². The van der Waals surface area contributed by atoms with E-state index in [0.717, 1.165) is 24.7 Å². The summed E-state index contributed by atoms with van der Waals surface area (Å²) in [6.07, 6.45) is 4.94. The maximum Gasteiger partial charge on any atom is 0.225 e. The molecule has 72 valence electrons. The minimum absolute atomic E-state index is 0.545. The monoisotopic (exact) mass is 199 g/mol. The van der Waals surface area contributed by atoms with Crippen LogP contribution in [0.3, 0.4) is 0 Å². The highest BCUT2D eigenvalue weighted by Gasteiger charge is 2.20. The van der Waals surface area contributed by atoms with Gasteiger partial charge in [-0.3, -0.25) is 0 Å². The van der Waals surface area contributed by atoms with E-state index in [0.29, 0.717) is 5.28 Å². The van der Waals surface area contributed by atoms with E-state index < -0.39 is 0 Å². The summed E-state index contributed by atoms with van der Waals surface area (Å²) in [5.74, 6) is 1.82. The zero-order valence-electron chi connectivity index (χ0n) is 7.83. The van der Waals surface area contributed by atoms with Gasteiger partial charge in [-0.15, -0.1) is 10.2 Å². The van der Waals surface area contributed by atoms with Gasteiger partial charge in [0.2, 0.25) is 5.28 Å². The van der Waals surface area contributed by atoms with E-state index in [9.17, 15) is 0 Å². The molecule has 2 rings (SSSR count). The van der Waals surface area contributed by atoms with Crippen molar-refractivity contribution < 1.29 is 0 Å². The summed E-state index contributed by atoms with van der Waals surface area (Å²) in [5, 5.41) is 8.45. The van der Waals surface area contributed by atoms with Gasteiger partial charge in [-0.25, -0.2) is 0 Å². The van der Waals surface area contributed by atoms with Crippen LogP contribution in [0.15, 0.2) is 0 Å². The number of aromatic nitrogens is 3. The third-order valence-electron chi connectivity index (χ3n) is 2.76. The molecule has 0 bridgehead atoms. The van der Waals surface area contributed by atoms with Gasteiger partial charge in [0.05, 0.1) is 0 Å². The summed E-state index contributed by atoms with van der Waals surface area (Å²) >= 11 is 5.94. The van der Waals surface area contributed by atoms with Gasteiger partial charge in [0.25, 0.3) is 0 Å². The fraction of sp³-hybridized carbons (Fsp3) is 0.778. The predicted octanol–water partition coefficient (Wildman–Crippen LogP) is 2.29. The molecule has 0 aliphatic heterocycles. The average Bonchev–Trinajstić information content (AvgIpc) is 2.39. The van der Waals surface area contributed by atoms with Crippen molar-refractivity contribution >= 4 is 11.6 Å². The molecular weight excluding hydrogens is 186 g/mol. The van der Waals surface area contributed by atoms with Crippen LogP contribution >= 0.6 is 11.6 Å². The summed E-state index contributed by atoms with van der Waals surface area (Å²) in [4.78, 5) is 0. The smallest absolute Gasteiger partial charge is 0.225 e. The van der Waals surface area contributed by atoms with Gasteiger partial charge >= 0.3 is 0 Å². The van der Waals surface area contributed by atoms with Crippen LogP contribution in [0.1, 0.15) is 32.0 Å². The Morgan fingerprint density at radius 3 is 2.77 bits per heavy atom. The standard InChI is InChI=1S/C9H14ClN3/c1-2-8-11-12-9(10)13(8)6-7-4-3-5-7/h7H,2-6H2,1H3. The molecule has 0 saturated heterocycles. The summed E-state index contributed by atoms with van der Waals surface area (Å²) in [6, 6.07) is 0. The maximum atomic E-state index is 5.94. The molecule has 4 heteroatoms. The fourth-order valence-corrected chi connectivity index (χ4v) is 1.89. The molecule has 0 spiro atoms. The molecular formula is C9H14ClN3. The molecule has 0 unspecified atom stereocenters. The summed E-state index contributed by atoms with van der Waals surface area (Å²) in [6.45, 7) is 3.09. The predicted molar refractivity (Wildman–Crippen MR) is 51.8 cm³/mol. The molecule has 1 heterocycles. The second-order valence-electron chi connectivity index (χ2n) is 3.65. The van der Waals surface area contributed by atoms with Crippen LogP contribution in [0.2, 0.25) is 5.28 Å². The Kier molecular flexibility index (Phi) is 2.54. The van der Waals surface area contributed by atoms with Crippen molar-refractivity contribution in [3.63, 3.8) is 0 Å². The van der Waals surface area contributed by atoms with Gasteiger partial charge in [-0.1, -0.05) is 13.3 Å². The van der Waals surface area contributed by atoms with Gasteiger partial charge in [0, 0.05) is 13.0 Å². The Hall–Kier alpha value is -0.570. The van der Waals surface area contributed by atoms with Crippen molar-refractivity contribution in [2.45, 2.75) is 39.2 Å². The van der Waals surface area contributed by atoms with Gasteiger partial charge in [-0.05, 0) is 30.4 Å². The number of hydrogen-bond acceptors (Lipinski definition) is 2. The Morgan fingerprint density at radius 2 is 2.23 bits per heavy atom. The second-order valence-corrected chi connectivity index (χ2v) is 3.98. The number of aryl methyl sites for hydroxylation is 1. The van der Waals surface area contributed by atoms with E-state index in [1.165, 1.54) is 19.3 Å². The van der Waals surface area contributed by atoms with Crippen LogP contribution < -0.4 is 0 Å². The maximum absolute atomic E-state index is 5.94. The highest BCUT2D eigenvalue weighted by atomic mass is 35.5. The Balaban J connectivity index is 2.11. The third kappa shape index (κ3) is 1.70. The van der Waals surface area contributed by atoms with Crippen LogP contribution in [0.5, 0.6) is 0 Å². The average molecular weight is 200 g/mol. The normalized spacial score (nSPS) is 17.4. The molecule has 1 aromatic rings. The Morgan fingerprint density at radius 1 is 1.46 bits per heavy atom. The van der Waals surface area contributed by atoms with E-state index >= 15 is 0 Å². The topological polar surface area (TPSA) is 30.7 Å². The van der Waals surface area contributed by atoms with Crippen LogP contribution in [-0.4, -0.2) is 14.8 Å². The van der Waals surface area contributed by atoms with Crippen molar-refractivity contribution in [1.29, 1.82) is 0 Å². The number of hydrogen-bond donors (Lipinski definition) is 0. The molecule has 13 heavy (non-hydrogen) atoms. The van der Waals surface area contributed by atoms with E-state index in [-0.39, 0.29) is 0 Å². The molecule has 1 aromatic heterocycles. The van der Waals surface area contributed by atoms with E-state index in [1.54, 1.807) is 0 Å². The molecule has 1 aliphatic carbocycles. The molecule has 0 amide bonds. The minimum Gasteiger partial charge on any atom is -0.302 e. The molecule has 0 aromatic carbocycles. The molecule has 0 radical (unpaired) electrons. The molecule has 1 aliphatic rings. The SMILES string of the molecule is CCc1nnc(Cl)n1CC1CCC1. The van der Waals surface area contributed by atoms with Crippen molar-refractivity contribution in [1.82, 2.24) is 14.8 Å². The zero-order valence-corrected chi connectivity index (χ0v) is 8.59. The van der Waals surface area contributed by atoms with E-state index in [1.807, 2.05) is 4.57 Å². The van der Waals surface area contributed by atoms with E-state index in [2.05, 4.69) is 17.1 Å². The lowest BCUT2D eigenvalue weighted by Crippen LogP contribution is -2.19. The van der Waals surface area contributed by atoms with Gasteiger partial charge in [0.1, 0.15) is 5.82 Å².